The van der Waals surface area contributed by atoms with Crippen LogP contribution in [0.3, 0.4) is 0 Å². The zero-order valence-electron chi connectivity index (χ0n) is 14.9. The minimum Gasteiger partial charge on any atom is -0.494 e. The average Bonchev–Trinajstić information content (AvgIpc) is 2.49. The molecule has 0 fully saturated rings. The van der Waals surface area contributed by atoms with Crippen LogP contribution >= 0.6 is 11.8 Å². The molecule has 0 aliphatic heterocycles. The highest BCUT2D eigenvalue weighted by Gasteiger charge is 2.16. The molecular weight excluding hydrogens is 328 g/mol. The lowest BCUT2D eigenvalue weighted by atomic mass is 10.2. The Hall–Kier alpha value is -1.40. The van der Waals surface area contributed by atoms with Gasteiger partial charge in [-0.05, 0) is 52.0 Å². The van der Waals surface area contributed by atoms with Crippen LogP contribution in [0.15, 0.2) is 24.3 Å². The Balaban J connectivity index is 2.15. The second kappa shape index (κ2) is 10.5. The van der Waals surface area contributed by atoms with Crippen LogP contribution < -0.4 is 9.47 Å². The van der Waals surface area contributed by atoms with Crippen LogP contribution in [-0.4, -0.2) is 47.5 Å². The van der Waals surface area contributed by atoms with Crippen LogP contribution in [0.25, 0.3) is 0 Å². The van der Waals surface area contributed by atoms with E-state index in [2.05, 4.69) is 0 Å². The number of aliphatic hydroxyl groups is 1. The molecule has 0 saturated carbocycles. The standard InChI is InChI=1S/C18H28O5S/c1-5-21-15-6-8-16(9-7-15)22-12-14(19)13-24-11-10-17(20)23-18(2,3)4/h6-9,14,19H,5,10-13H2,1-4H3. The van der Waals surface area contributed by atoms with Gasteiger partial charge in [-0.15, -0.1) is 0 Å². The molecule has 5 nitrogen and oxygen atoms in total. The molecule has 1 aromatic carbocycles. The summed E-state index contributed by atoms with van der Waals surface area (Å²) in [4.78, 5) is 11.6. The van der Waals surface area contributed by atoms with Crippen molar-refractivity contribution < 1.29 is 24.1 Å². The predicted molar refractivity (Wildman–Crippen MR) is 96.9 cm³/mol. The van der Waals surface area contributed by atoms with Crippen molar-refractivity contribution in [1.29, 1.82) is 0 Å². The van der Waals surface area contributed by atoms with Gasteiger partial charge in [0.15, 0.2) is 0 Å². The number of ether oxygens (including phenoxy) is 3. The molecule has 1 unspecified atom stereocenters. The fourth-order valence-electron chi connectivity index (χ4n) is 1.81. The molecule has 0 saturated heterocycles. The first kappa shape index (κ1) is 20.6. The SMILES string of the molecule is CCOc1ccc(OCC(O)CSCCC(=O)OC(C)(C)C)cc1. The summed E-state index contributed by atoms with van der Waals surface area (Å²) in [6.45, 7) is 8.31. The van der Waals surface area contributed by atoms with E-state index in [4.69, 9.17) is 14.2 Å². The number of benzene rings is 1. The van der Waals surface area contributed by atoms with Gasteiger partial charge < -0.3 is 19.3 Å². The smallest absolute Gasteiger partial charge is 0.307 e. The highest BCUT2D eigenvalue weighted by molar-refractivity contribution is 7.99. The fraction of sp³-hybridized carbons (Fsp3) is 0.611. The summed E-state index contributed by atoms with van der Waals surface area (Å²) >= 11 is 1.51. The molecule has 6 heteroatoms. The minimum atomic E-state index is -0.583. The monoisotopic (exact) mass is 356 g/mol. The number of esters is 1. The van der Waals surface area contributed by atoms with Crippen LogP contribution in [-0.2, 0) is 9.53 Å². The van der Waals surface area contributed by atoms with E-state index in [9.17, 15) is 9.90 Å². The fourth-order valence-corrected chi connectivity index (χ4v) is 2.65. The summed E-state index contributed by atoms with van der Waals surface area (Å²) in [6, 6.07) is 7.29. The Kier molecular flexibility index (Phi) is 9.00. The molecule has 136 valence electrons. The Morgan fingerprint density at radius 2 is 1.75 bits per heavy atom. The molecule has 0 aliphatic carbocycles. The number of aliphatic hydroxyl groups excluding tert-OH is 1. The van der Waals surface area contributed by atoms with E-state index in [-0.39, 0.29) is 12.6 Å². The van der Waals surface area contributed by atoms with Crippen molar-refractivity contribution in [3.05, 3.63) is 24.3 Å². The van der Waals surface area contributed by atoms with Gasteiger partial charge in [0.1, 0.15) is 23.7 Å². The van der Waals surface area contributed by atoms with Crippen LogP contribution in [0.5, 0.6) is 11.5 Å². The van der Waals surface area contributed by atoms with Crippen molar-refractivity contribution in [2.75, 3.05) is 24.7 Å². The van der Waals surface area contributed by atoms with Gasteiger partial charge in [0.05, 0.1) is 19.1 Å². The molecule has 0 aliphatic rings. The highest BCUT2D eigenvalue weighted by Crippen LogP contribution is 2.18. The molecule has 0 radical (unpaired) electrons. The van der Waals surface area contributed by atoms with E-state index in [1.54, 1.807) is 0 Å². The highest BCUT2D eigenvalue weighted by atomic mass is 32.2. The van der Waals surface area contributed by atoms with Crippen molar-refractivity contribution in [2.45, 2.75) is 45.8 Å². The lowest BCUT2D eigenvalue weighted by Gasteiger charge is -2.19. The Morgan fingerprint density at radius 1 is 1.17 bits per heavy atom. The predicted octanol–water partition coefficient (Wildman–Crippen LogP) is 3.29. The molecule has 0 heterocycles. The number of rotatable bonds is 10. The molecule has 0 spiro atoms. The molecule has 1 aromatic rings. The number of hydrogen-bond acceptors (Lipinski definition) is 6. The second-order valence-corrected chi connectivity index (χ2v) is 7.43. The van der Waals surface area contributed by atoms with Gasteiger partial charge in [-0.2, -0.15) is 11.8 Å². The van der Waals surface area contributed by atoms with Crippen molar-refractivity contribution >= 4 is 17.7 Å². The zero-order valence-corrected chi connectivity index (χ0v) is 15.7. The second-order valence-electron chi connectivity index (χ2n) is 6.28. The van der Waals surface area contributed by atoms with E-state index < -0.39 is 11.7 Å². The molecule has 0 bridgehead atoms. The molecule has 1 atom stereocenters. The first-order valence-electron chi connectivity index (χ1n) is 8.13. The first-order chi connectivity index (χ1) is 11.3. The number of carbonyl (C=O) groups excluding carboxylic acids is 1. The van der Waals surface area contributed by atoms with Crippen LogP contribution in [0.1, 0.15) is 34.1 Å². The number of carbonyl (C=O) groups is 1. The van der Waals surface area contributed by atoms with E-state index in [1.807, 2.05) is 52.0 Å². The normalized spacial score (nSPS) is 12.5. The van der Waals surface area contributed by atoms with Crippen molar-refractivity contribution in [3.8, 4) is 11.5 Å². The topological polar surface area (TPSA) is 65.0 Å². The van der Waals surface area contributed by atoms with E-state index in [1.165, 1.54) is 11.8 Å². The third-order valence-electron chi connectivity index (χ3n) is 2.76. The first-order valence-corrected chi connectivity index (χ1v) is 9.29. The van der Waals surface area contributed by atoms with Gasteiger partial charge in [-0.25, -0.2) is 0 Å². The van der Waals surface area contributed by atoms with Crippen LogP contribution in [0.2, 0.25) is 0 Å². The van der Waals surface area contributed by atoms with Crippen LogP contribution in [0.4, 0.5) is 0 Å². The summed E-state index contributed by atoms with van der Waals surface area (Å²) in [5, 5.41) is 9.91. The molecule has 1 N–H and O–H groups in total. The number of hydrogen-bond donors (Lipinski definition) is 1. The summed E-state index contributed by atoms with van der Waals surface area (Å²) in [6.07, 6.45) is -0.241. The lowest BCUT2D eigenvalue weighted by Crippen LogP contribution is -2.24. The third kappa shape index (κ3) is 9.67. The maximum Gasteiger partial charge on any atom is 0.307 e. The summed E-state index contributed by atoms with van der Waals surface area (Å²) in [5.74, 6) is 2.41. The quantitative estimate of drug-likeness (QED) is 0.513. The Morgan fingerprint density at radius 3 is 2.29 bits per heavy atom. The van der Waals surface area contributed by atoms with Crippen LogP contribution in [0, 0.1) is 0 Å². The van der Waals surface area contributed by atoms with Gasteiger partial charge in [0.25, 0.3) is 0 Å². The largest absolute Gasteiger partial charge is 0.494 e. The summed E-state index contributed by atoms with van der Waals surface area (Å²) in [7, 11) is 0. The van der Waals surface area contributed by atoms with Gasteiger partial charge >= 0.3 is 5.97 Å². The van der Waals surface area contributed by atoms with Crippen molar-refractivity contribution in [2.24, 2.45) is 0 Å². The maximum absolute atomic E-state index is 11.6. The Bertz CT molecular complexity index is 481. The lowest BCUT2D eigenvalue weighted by molar-refractivity contribution is -0.154. The van der Waals surface area contributed by atoms with Crippen molar-refractivity contribution in [1.82, 2.24) is 0 Å². The van der Waals surface area contributed by atoms with Gasteiger partial charge in [-0.3, -0.25) is 4.79 Å². The van der Waals surface area contributed by atoms with E-state index in [0.29, 0.717) is 30.3 Å². The molecule has 1 rings (SSSR count). The van der Waals surface area contributed by atoms with Crippen molar-refractivity contribution in [3.63, 3.8) is 0 Å². The van der Waals surface area contributed by atoms with E-state index >= 15 is 0 Å². The maximum atomic E-state index is 11.6. The molecule has 0 aromatic heterocycles. The Labute approximate surface area is 148 Å². The summed E-state index contributed by atoms with van der Waals surface area (Å²) < 4.78 is 16.1. The van der Waals surface area contributed by atoms with Gasteiger partial charge in [0, 0.05) is 11.5 Å². The van der Waals surface area contributed by atoms with E-state index in [0.717, 1.165) is 5.75 Å². The molecule has 24 heavy (non-hydrogen) atoms. The molecular formula is C18H28O5S. The minimum absolute atomic E-state index is 0.213. The zero-order chi connectivity index (χ0) is 18.0. The third-order valence-corrected chi connectivity index (χ3v) is 3.87. The molecule has 0 amide bonds. The average molecular weight is 356 g/mol. The number of thioether (sulfide) groups is 1. The van der Waals surface area contributed by atoms with Gasteiger partial charge in [-0.1, -0.05) is 0 Å². The summed E-state index contributed by atoms with van der Waals surface area (Å²) in [5.41, 5.74) is -0.452. The van der Waals surface area contributed by atoms with Gasteiger partial charge in [0.2, 0.25) is 0 Å².